The number of hydrazone groups is 1. The summed E-state index contributed by atoms with van der Waals surface area (Å²) in [7, 11) is 0. The Bertz CT molecular complexity index is 764. The van der Waals surface area contributed by atoms with E-state index in [0.717, 1.165) is 23.3 Å². The topological polar surface area (TPSA) is 50.7 Å². The normalized spacial score (nSPS) is 13.5. The highest BCUT2D eigenvalue weighted by Crippen LogP contribution is 2.23. The summed E-state index contributed by atoms with van der Waals surface area (Å²) >= 11 is 0. The van der Waals surface area contributed by atoms with Gasteiger partial charge in [0.25, 0.3) is 5.91 Å². The van der Waals surface area contributed by atoms with E-state index in [1.807, 2.05) is 38.1 Å². The third-order valence-electron chi connectivity index (χ3n) is 4.26. The number of rotatable bonds is 5. The fourth-order valence-corrected chi connectivity index (χ4v) is 2.82. The van der Waals surface area contributed by atoms with E-state index in [0.29, 0.717) is 5.75 Å². The number of ether oxygens (including phenoxy) is 1. The van der Waals surface area contributed by atoms with Gasteiger partial charge in [-0.2, -0.15) is 5.10 Å². The molecule has 1 aliphatic carbocycles. The van der Waals surface area contributed by atoms with Crippen molar-refractivity contribution in [1.82, 2.24) is 5.43 Å². The first kappa shape index (κ1) is 16.2. The van der Waals surface area contributed by atoms with Crippen LogP contribution in [0.5, 0.6) is 5.75 Å². The van der Waals surface area contributed by atoms with Crippen LogP contribution in [0, 0.1) is 6.92 Å². The van der Waals surface area contributed by atoms with Crippen LogP contribution in [0.25, 0.3) is 0 Å². The van der Waals surface area contributed by atoms with Crippen molar-refractivity contribution in [3.05, 3.63) is 64.7 Å². The fourth-order valence-electron chi connectivity index (χ4n) is 2.82. The van der Waals surface area contributed by atoms with E-state index in [1.54, 1.807) is 0 Å². The molecule has 0 aromatic heterocycles. The molecular formula is C20H22N2O2. The summed E-state index contributed by atoms with van der Waals surface area (Å²) in [6, 6.07) is 14.0. The van der Waals surface area contributed by atoms with Gasteiger partial charge >= 0.3 is 0 Å². The molecule has 4 nitrogen and oxygen atoms in total. The van der Waals surface area contributed by atoms with E-state index in [4.69, 9.17) is 4.74 Å². The minimum atomic E-state index is -0.268. The van der Waals surface area contributed by atoms with Gasteiger partial charge in [-0.3, -0.25) is 4.79 Å². The molecule has 0 bridgehead atoms. The number of hydrogen-bond donors (Lipinski definition) is 1. The maximum Gasteiger partial charge on any atom is 0.277 e. The molecule has 0 unspecified atom stereocenters. The van der Waals surface area contributed by atoms with E-state index in [2.05, 4.69) is 28.7 Å². The van der Waals surface area contributed by atoms with Gasteiger partial charge in [0, 0.05) is 0 Å². The Morgan fingerprint density at radius 3 is 2.67 bits per heavy atom. The summed E-state index contributed by atoms with van der Waals surface area (Å²) in [5.74, 6) is 0.408. The molecule has 0 saturated heterocycles. The second-order valence-corrected chi connectivity index (χ2v) is 6.17. The smallest absolute Gasteiger partial charge is 0.277 e. The number of nitrogens with zero attached hydrogens (tertiary/aromatic N) is 1. The SMILES string of the molecule is C/C(=N/NC(=O)COc1ccc(C)cc1)c1ccc2c(c1)CCC2. The lowest BCUT2D eigenvalue weighted by atomic mass is 10.0. The summed E-state index contributed by atoms with van der Waals surface area (Å²) in [5.41, 5.74) is 8.39. The molecule has 0 saturated carbocycles. The number of nitrogens with one attached hydrogen (secondary N) is 1. The van der Waals surface area contributed by atoms with Gasteiger partial charge in [0.2, 0.25) is 0 Å². The third-order valence-corrected chi connectivity index (χ3v) is 4.26. The van der Waals surface area contributed by atoms with Crippen LogP contribution in [-0.4, -0.2) is 18.2 Å². The van der Waals surface area contributed by atoms with Gasteiger partial charge < -0.3 is 4.74 Å². The Balaban J connectivity index is 1.54. The molecule has 24 heavy (non-hydrogen) atoms. The van der Waals surface area contributed by atoms with Gasteiger partial charge in [0.15, 0.2) is 6.61 Å². The minimum absolute atomic E-state index is 0.0516. The summed E-state index contributed by atoms with van der Waals surface area (Å²) < 4.78 is 5.44. The molecule has 0 radical (unpaired) electrons. The number of aryl methyl sites for hydroxylation is 3. The number of carbonyl (C=O) groups excluding carboxylic acids is 1. The molecule has 2 aromatic carbocycles. The zero-order valence-corrected chi connectivity index (χ0v) is 14.1. The van der Waals surface area contributed by atoms with Crippen LogP contribution in [0.4, 0.5) is 0 Å². The summed E-state index contributed by atoms with van der Waals surface area (Å²) in [6.45, 7) is 3.86. The number of amides is 1. The van der Waals surface area contributed by atoms with Crippen molar-refractivity contribution in [2.24, 2.45) is 5.10 Å². The van der Waals surface area contributed by atoms with Gasteiger partial charge in [0.1, 0.15) is 5.75 Å². The molecule has 1 amide bonds. The largest absolute Gasteiger partial charge is 0.484 e. The van der Waals surface area contributed by atoms with E-state index < -0.39 is 0 Å². The van der Waals surface area contributed by atoms with Crippen molar-refractivity contribution in [3.63, 3.8) is 0 Å². The first-order valence-corrected chi connectivity index (χ1v) is 8.26. The maximum absolute atomic E-state index is 11.9. The zero-order chi connectivity index (χ0) is 16.9. The van der Waals surface area contributed by atoms with Gasteiger partial charge in [-0.1, -0.05) is 29.8 Å². The minimum Gasteiger partial charge on any atom is -0.484 e. The maximum atomic E-state index is 11.9. The van der Waals surface area contributed by atoms with E-state index in [-0.39, 0.29) is 12.5 Å². The highest BCUT2D eigenvalue weighted by molar-refractivity contribution is 5.99. The average molecular weight is 322 g/mol. The van der Waals surface area contributed by atoms with E-state index in [9.17, 15) is 4.79 Å². The standard InChI is InChI=1S/C20H22N2O2/c1-14-6-10-19(11-7-14)24-13-20(23)22-21-15(2)17-9-8-16-4-3-5-18(16)12-17/h6-12H,3-5,13H2,1-2H3,(H,22,23)/b21-15-. The fraction of sp³-hybridized carbons (Fsp3) is 0.300. The van der Waals surface area contributed by atoms with Crippen molar-refractivity contribution in [2.75, 3.05) is 6.61 Å². The average Bonchev–Trinajstić information content (AvgIpc) is 3.06. The van der Waals surface area contributed by atoms with Crippen LogP contribution < -0.4 is 10.2 Å². The lowest BCUT2D eigenvalue weighted by molar-refractivity contribution is -0.123. The summed E-state index contributed by atoms with van der Waals surface area (Å²) in [6.07, 6.45) is 3.52. The Morgan fingerprint density at radius 1 is 1.12 bits per heavy atom. The quantitative estimate of drug-likeness (QED) is 0.677. The lowest BCUT2D eigenvalue weighted by Gasteiger charge is -2.07. The van der Waals surface area contributed by atoms with Gasteiger partial charge in [-0.25, -0.2) is 5.43 Å². The van der Waals surface area contributed by atoms with Crippen molar-refractivity contribution in [2.45, 2.75) is 33.1 Å². The number of fused-ring (bicyclic) bond motifs is 1. The van der Waals surface area contributed by atoms with Crippen molar-refractivity contribution in [3.8, 4) is 5.75 Å². The number of carbonyl (C=O) groups is 1. The van der Waals surface area contributed by atoms with Crippen LogP contribution in [0.2, 0.25) is 0 Å². The second-order valence-electron chi connectivity index (χ2n) is 6.17. The predicted molar refractivity (Wildman–Crippen MR) is 95.5 cm³/mol. The summed E-state index contributed by atoms with van der Waals surface area (Å²) in [4.78, 5) is 11.9. The van der Waals surface area contributed by atoms with Gasteiger partial charge in [-0.05, 0) is 68.0 Å². The number of benzene rings is 2. The molecule has 3 rings (SSSR count). The highest BCUT2D eigenvalue weighted by atomic mass is 16.5. The Hall–Kier alpha value is -2.62. The lowest BCUT2D eigenvalue weighted by Crippen LogP contribution is -2.25. The first-order valence-electron chi connectivity index (χ1n) is 8.26. The Morgan fingerprint density at radius 2 is 1.88 bits per heavy atom. The van der Waals surface area contributed by atoms with Crippen LogP contribution in [0.3, 0.4) is 0 Å². The molecule has 124 valence electrons. The Labute approximate surface area is 142 Å². The molecule has 0 atom stereocenters. The molecule has 2 aromatic rings. The zero-order valence-electron chi connectivity index (χ0n) is 14.1. The molecule has 0 spiro atoms. The van der Waals surface area contributed by atoms with E-state index >= 15 is 0 Å². The predicted octanol–water partition coefficient (Wildman–Crippen LogP) is 3.40. The molecule has 0 heterocycles. The second kappa shape index (κ2) is 7.30. The van der Waals surface area contributed by atoms with Crippen LogP contribution in [-0.2, 0) is 17.6 Å². The van der Waals surface area contributed by atoms with E-state index in [1.165, 1.54) is 24.0 Å². The molecule has 1 aliphatic rings. The van der Waals surface area contributed by atoms with Gasteiger partial charge in [0.05, 0.1) is 5.71 Å². The monoisotopic (exact) mass is 322 g/mol. The van der Waals surface area contributed by atoms with Gasteiger partial charge in [-0.15, -0.1) is 0 Å². The van der Waals surface area contributed by atoms with Crippen LogP contribution >= 0.6 is 0 Å². The highest BCUT2D eigenvalue weighted by Gasteiger charge is 2.11. The number of hydrogen-bond acceptors (Lipinski definition) is 3. The molecule has 0 aliphatic heterocycles. The Kier molecular flexibility index (Phi) is 4.94. The van der Waals surface area contributed by atoms with Crippen LogP contribution in [0.1, 0.15) is 35.6 Å². The molecular weight excluding hydrogens is 300 g/mol. The van der Waals surface area contributed by atoms with Crippen molar-refractivity contribution in [1.29, 1.82) is 0 Å². The van der Waals surface area contributed by atoms with Crippen molar-refractivity contribution < 1.29 is 9.53 Å². The molecule has 1 N–H and O–H groups in total. The third kappa shape index (κ3) is 4.02. The van der Waals surface area contributed by atoms with Crippen LogP contribution in [0.15, 0.2) is 47.6 Å². The summed E-state index contributed by atoms with van der Waals surface area (Å²) in [5, 5.41) is 4.18. The molecule has 0 fully saturated rings. The molecule has 4 heteroatoms. The van der Waals surface area contributed by atoms with Crippen molar-refractivity contribution >= 4 is 11.6 Å². The first-order chi connectivity index (χ1) is 11.6.